The second-order valence-electron chi connectivity index (χ2n) is 7.83. The molecule has 3 N–H and O–H groups in total. The third-order valence-corrected chi connectivity index (χ3v) is 6.37. The first-order valence-corrected chi connectivity index (χ1v) is 9.54. The molecule has 134 valence electrons. The van der Waals surface area contributed by atoms with Crippen LogP contribution >= 0.6 is 0 Å². The summed E-state index contributed by atoms with van der Waals surface area (Å²) in [6, 6.07) is 9.39. The number of nitrogens with zero attached hydrogens (tertiary/aromatic N) is 1. The largest absolute Gasteiger partial charge is 0.352 e. The van der Waals surface area contributed by atoms with Gasteiger partial charge in [-0.15, -0.1) is 0 Å². The van der Waals surface area contributed by atoms with E-state index in [9.17, 15) is 9.59 Å². The maximum atomic E-state index is 13.3. The van der Waals surface area contributed by atoms with Crippen molar-refractivity contribution in [1.29, 1.82) is 0 Å². The highest BCUT2D eigenvalue weighted by molar-refractivity contribution is 5.90. The maximum absolute atomic E-state index is 13.3. The van der Waals surface area contributed by atoms with Gasteiger partial charge in [-0.3, -0.25) is 9.59 Å². The molecular formula is C20H27N3O2. The molecule has 2 saturated carbocycles. The lowest BCUT2D eigenvalue weighted by atomic mass is 9.65. The van der Waals surface area contributed by atoms with Crippen molar-refractivity contribution < 1.29 is 9.59 Å². The monoisotopic (exact) mass is 341 g/mol. The van der Waals surface area contributed by atoms with E-state index in [1.165, 1.54) is 6.42 Å². The molecule has 4 rings (SSSR count). The Balaban J connectivity index is 1.56. The van der Waals surface area contributed by atoms with Gasteiger partial charge >= 0.3 is 0 Å². The Bertz CT molecular complexity index is 634. The molecule has 2 aliphatic carbocycles. The smallest absolute Gasteiger partial charge is 0.247 e. The van der Waals surface area contributed by atoms with Gasteiger partial charge in [-0.25, -0.2) is 0 Å². The molecule has 0 spiro atoms. The summed E-state index contributed by atoms with van der Waals surface area (Å²) in [6.07, 6.45) is 5.29. The zero-order valence-corrected chi connectivity index (χ0v) is 14.6. The van der Waals surface area contributed by atoms with Crippen LogP contribution in [0.4, 0.5) is 0 Å². The first kappa shape index (κ1) is 16.6. The van der Waals surface area contributed by atoms with Gasteiger partial charge in [-0.2, -0.15) is 0 Å². The third-order valence-electron chi connectivity index (χ3n) is 6.37. The van der Waals surface area contributed by atoms with E-state index in [4.69, 9.17) is 5.73 Å². The van der Waals surface area contributed by atoms with Crippen LogP contribution in [0.3, 0.4) is 0 Å². The topological polar surface area (TPSA) is 75.4 Å². The standard InChI is InChI=1S/C20H27N3O2/c21-17-14-7-4-8-15(17)12-16(11-14)20(25)23-10-9-22-19(24)18(23)13-5-2-1-3-6-13/h1-3,5-6,14-18H,4,7-12,21H2,(H,22,24). The van der Waals surface area contributed by atoms with E-state index < -0.39 is 6.04 Å². The second-order valence-corrected chi connectivity index (χ2v) is 7.83. The number of benzene rings is 1. The van der Waals surface area contributed by atoms with E-state index in [2.05, 4.69) is 5.32 Å². The molecule has 1 saturated heterocycles. The third kappa shape index (κ3) is 3.06. The van der Waals surface area contributed by atoms with Gasteiger partial charge in [-0.1, -0.05) is 36.8 Å². The van der Waals surface area contributed by atoms with Crippen LogP contribution in [-0.4, -0.2) is 35.8 Å². The average Bonchev–Trinajstić information content (AvgIpc) is 2.61. The quantitative estimate of drug-likeness (QED) is 0.862. The number of carbonyl (C=O) groups excluding carboxylic acids is 2. The average molecular weight is 341 g/mol. The summed E-state index contributed by atoms with van der Waals surface area (Å²) in [6.45, 7) is 1.12. The molecule has 3 unspecified atom stereocenters. The Kier molecular flexibility index (Phi) is 4.50. The number of amides is 2. The fraction of sp³-hybridized carbons (Fsp3) is 0.600. The van der Waals surface area contributed by atoms with Crippen molar-refractivity contribution >= 4 is 11.8 Å². The van der Waals surface area contributed by atoms with Crippen molar-refractivity contribution in [2.24, 2.45) is 23.5 Å². The zero-order chi connectivity index (χ0) is 17.4. The Hall–Kier alpha value is -1.88. The molecule has 0 aromatic heterocycles. The summed E-state index contributed by atoms with van der Waals surface area (Å²) in [7, 11) is 0. The molecule has 1 aromatic rings. The number of piperazine rings is 1. The minimum atomic E-state index is -0.502. The molecule has 5 heteroatoms. The first-order chi connectivity index (χ1) is 12.1. The molecule has 0 radical (unpaired) electrons. The van der Waals surface area contributed by atoms with Crippen molar-refractivity contribution in [1.82, 2.24) is 10.2 Å². The number of hydrogen-bond donors (Lipinski definition) is 2. The lowest BCUT2D eigenvalue weighted by Gasteiger charge is -2.45. The van der Waals surface area contributed by atoms with Gasteiger partial charge in [0.25, 0.3) is 0 Å². The fourth-order valence-corrected chi connectivity index (χ4v) is 5.10. The van der Waals surface area contributed by atoms with Gasteiger partial charge in [0.2, 0.25) is 11.8 Å². The van der Waals surface area contributed by atoms with E-state index in [1.807, 2.05) is 35.2 Å². The molecule has 1 aliphatic heterocycles. The highest BCUT2D eigenvalue weighted by atomic mass is 16.2. The number of nitrogens with one attached hydrogen (secondary N) is 1. The SMILES string of the molecule is NC1C2CCCC1CC(C(=O)N1CCNC(=O)C1c1ccccc1)C2. The van der Waals surface area contributed by atoms with Crippen LogP contribution in [0, 0.1) is 17.8 Å². The van der Waals surface area contributed by atoms with Gasteiger partial charge in [0.15, 0.2) is 0 Å². The molecule has 25 heavy (non-hydrogen) atoms. The van der Waals surface area contributed by atoms with E-state index in [0.29, 0.717) is 24.9 Å². The van der Waals surface area contributed by atoms with Crippen LogP contribution in [-0.2, 0) is 9.59 Å². The molecule has 3 aliphatic rings. The number of nitrogens with two attached hydrogens (primary N) is 1. The van der Waals surface area contributed by atoms with Gasteiger partial charge in [0.1, 0.15) is 6.04 Å². The highest BCUT2D eigenvalue weighted by Gasteiger charge is 2.44. The van der Waals surface area contributed by atoms with Crippen molar-refractivity contribution in [2.75, 3.05) is 13.1 Å². The Morgan fingerprint density at radius 1 is 1.12 bits per heavy atom. The molecule has 2 amide bonds. The lowest BCUT2D eigenvalue weighted by molar-refractivity contribution is -0.148. The predicted octanol–water partition coefficient (Wildman–Crippen LogP) is 1.84. The number of carbonyl (C=O) groups is 2. The second kappa shape index (κ2) is 6.79. The summed E-state index contributed by atoms with van der Waals surface area (Å²) in [4.78, 5) is 27.7. The van der Waals surface area contributed by atoms with Crippen LogP contribution in [0.5, 0.6) is 0 Å². The van der Waals surface area contributed by atoms with E-state index in [-0.39, 0.29) is 23.8 Å². The molecule has 1 aromatic carbocycles. The summed E-state index contributed by atoms with van der Waals surface area (Å²) >= 11 is 0. The Morgan fingerprint density at radius 2 is 1.80 bits per heavy atom. The molecular weight excluding hydrogens is 314 g/mol. The minimum absolute atomic E-state index is 0.0206. The summed E-state index contributed by atoms with van der Waals surface area (Å²) < 4.78 is 0. The zero-order valence-electron chi connectivity index (χ0n) is 14.6. The van der Waals surface area contributed by atoms with Crippen molar-refractivity contribution in [3.8, 4) is 0 Å². The number of hydrogen-bond acceptors (Lipinski definition) is 3. The number of rotatable bonds is 2. The molecule has 5 nitrogen and oxygen atoms in total. The van der Waals surface area contributed by atoms with Crippen molar-refractivity contribution in [3.05, 3.63) is 35.9 Å². The predicted molar refractivity (Wildman–Crippen MR) is 95.4 cm³/mol. The van der Waals surface area contributed by atoms with Crippen LogP contribution in [0.25, 0.3) is 0 Å². The first-order valence-electron chi connectivity index (χ1n) is 9.54. The Morgan fingerprint density at radius 3 is 2.48 bits per heavy atom. The molecule has 1 heterocycles. The highest BCUT2D eigenvalue weighted by Crippen LogP contribution is 2.43. The molecule has 2 bridgehead atoms. The molecule has 3 fully saturated rings. The van der Waals surface area contributed by atoms with Crippen LogP contribution in [0.1, 0.15) is 43.7 Å². The van der Waals surface area contributed by atoms with E-state index >= 15 is 0 Å². The van der Waals surface area contributed by atoms with Gasteiger partial charge < -0.3 is 16.0 Å². The Labute approximate surface area is 148 Å². The maximum Gasteiger partial charge on any atom is 0.247 e. The van der Waals surface area contributed by atoms with Crippen molar-refractivity contribution in [2.45, 2.75) is 44.2 Å². The van der Waals surface area contributed by atoms with Crippen LogP contribution < -0.4 is 11.1 Å². The minimum Gasteiger partial charge on any atom is -0.352 e. The van der Waals surface area contributed by atoms with Crippen LogP contribution in [0.15, 0.2) is 30.3 Å². The van der Waals surface area contributed by atoms with Crippen molar-refractivity contribution in [3.63, 3.8) is 0 Å². The summed E-state index contributed by atoms with van der Waals surface area (Å²) in [5, 5.41) is 2.91. The lowest BCUT2D eigenvalue weighted by Crippen LogP contribution is -2.55. The van der Waals surface area contributed by atoms with Gasteiger partial charge in [0.05, 0.1) is 0 Å². The molecule has 3 atom stereocenters. The van der Waals surface area contributed by atoms with Crippen LogP contribution in [0.2, 0.25) is 0 Å². The van der Waals surface area contributed by atoms with Gasteiger partial charge in [-0.05, 0) is 43.1 Å². The fourth-order valence-electron chi connectivity index (χ4n) is 5.10. The summed E-state index contributed by atoms with van der Waals surface area (Å²) in [5.41, 5.74) is 7.27. The van der Waals surface area contributed by atoms with Gasteiger partial charge in [0, 0.05) is 25.0 Å². The number of fused-ring (bicyclic) bond motifs is 2. The normalized spacial score (nSPS) is 35.2. The van der Waals surface area contributed by atoms with E-state index in [0.717, 1.165) is 31.2 Å². The summed E-state index contributed by atoms with van der Waals surface area (Å²) in [5.74, 6) is 1.03. The van der Waals surface area contributed by atoms with E-state index in [1.54, 1.807) is 0 Å².